The Morgan fingerprint density at radius 3 is 1.85 bits per heavy atom. The largest absolute Gasteiger partial charge is 0.427 e. The lowest BCUT2D eigenvalue weighted by atomic mass is 10.0. The Bertz CT molecular complexity index is 756. The molecule has 0 unspecified atom stereocenters. The van der Waals surface area contributed by atoms with Crippen molar-refractivity contribution in [1.29, 1.82) is 0 Å². The minimum atomic E-state index is -0.164. The number of rotatable bonds is 18. The van der Waals surface area contributed by atoms with Gasteiger partial charge >= 0.3 is 5.97 Å². The SMILES string of the molecule is CCCCCCCCCCCCCc1cnc(-c2ccc(OC(=O)CCCCC)cc2)cn1. The highest BCUT2D eigenvalue weighted by Crippen LogP contribution is 2.21. The number of aryl methyl sites for hydroxylation is 1. The van der Waals surface area contributed by atoms with Crippen LogP contribution >= 0.6 is 0 Å². The number of carbonyl (C=O) groups excluding carboxylic acids is 1. The second kappa shape index (κ2) is 17.3. The number of esters is 1. The summed E-state index contributed by atoms with van der Waals surface area (Å²) in [5, 5.41) is 0. The average Bonchev–Trinajstić information content (AvgIpc) is 2.84. The van der Waals surface area contributed by atoms with Gasteiger partial charge in [0, 0.05) is 18.2 Å². The van der Waals surface area contributed by atoms with Gasteiger partial charge in [0.05, 0.1) is 17.6 Å². The fourth-order valence-electron chi connectivity index (χ4n) is 4.00. The van der Waals surface area contributed by atoms with E-state index >= 15 is 0 Å². The predicted octanol–water partition coefficient (Wildman–Crippen LogP) is 8.48. The predicted molar refractivity (Wildman–Crippen MR) is 137 cm³/mol. The van der Waals surface area contributed by atoms with Gasteiger partial charge in [0.15, 0.2) is 0 Å². The molecule has 0 aliphatic heterocycles. The summed E-state index contributed by atoms with van der Waals surface area (Å²) in [6, 6.07) is 7.52. The van der Waals surface area contributed by atoms with E-state index in [0.717, 1.165) is 42.6 Å². The van der Waals surface area contributed by atoms with Crippen molar-refractivity contribution in [2.24, 2.45) is 0 Å². The molecule has 1 aromatic heterocycles. The zero-order chi connectivity index (χ0) is 23.6. The molecule has 2 rings (SSSR count). The summed E-state index contributed by atoms with van der Waals surface area (Å²) in [5.74, 6) is 0.420. The van der Waals surface area contributed by atoms with E-state index in [1.54, 1.807) is 0 Å². The first-order valence-electron chi connectivity index (χ1n) is 13.3. The minimum Gasteiger partial charge on any atom is -0.427 e. The first-order valence-corrected chi connectivity index (χ1v) is 13.3. The first-order chi connectivity index (χ1) is 16.2. The molecule has 2 aromatic rings. The summed E-state index contributed by atoms with van der Waals surface area (Å²) in [6.45, 7) is 4.40. The van der Waals surface area contributed by atoms with E-state index in [1.807, 2.05) is 36.7 Å². The molecule has 0 spiro atoms. The number of nitrogens with zero attached hydrogens (tertiary/aromatic N) is 2. The van der Waals surface area contributed by atoms with E-state index < -0.39 is 0 Å². The molecule has 0 aliphatic rings. The van der Waals surface area contributed by atoms with Gasteiger partial charge in [-0.2, -0.15) is 0 Å². The Morgan fingerprint density at radius 1 is 0.697 bits per heavy atom. The van der Waals surface area contributed by atoms with Gasteiger partial charge in [-0.1, -0.05) is 90.9 Å². The molecule has 0 fully saturated rings. The van der Waals surface area contributed by atoms with Crippen LogP contribution in [-0.4, -0.2) is 15.9 Å². The molecule has 0 saturated heterocycles. The summed E-state index contributed by atoms with van der Waals surface area (Å²) in [6.07, 6.45) is 23.2. The lowest BCUT2D eigenvalue weighted by Crippen LogP contribution is -2.07. The second-order valence-corrected chi connectivity index (χ2v) is 9.13. The monoisotopic (exact) mass is 452 g/mol. The van der Waals surface area contributed by atoms with Gasteiger partial charge < -0.3 is 4.74 Å². The topological polar surface area (TPSA) is 52.1 Å². The number of unbranched alkanes of at least 4 members (excludes halogenated alkanes) is 12. The van der Waals surface area contributed by atoms with Gasteiger partial charge in [-0.3, -0.25) is 14.8 Å². The van der Waals surface area contributed by atoms with E-state index in [4.69, 9.17) is 4.74 Å². The number of ether oxygens (including phenoxy) is 1. The van der Waals surface area contributed by atoms with Crippen LogP contribution in [0.3, 0.4) is 0 Å². The van der Waals surface area contributed by atoms with Crippen molar-refractivity contribution in [3.63, 3.8) is 0 Å². The van der Waals surface area contributed by atoms with Crippen LogP contribution in [0, 0.1) is 0 Å². The molecule has 4 nitrogen and oxygen atoms in total. The van der Waals surface area contributed by atoms with Crippen molar-refractivity contribution in [1.82, 2.24) is 9.97 Å². The average molecular weight is 453 g/mol. The van der Waals surface area contributed by atoms with Crippen LogP contribution in [0.1, 0.15) is 116 Å². The molecular weight excluding hydrogens is 408 g/mol. The molecule has 0 aliphatic carbocycles. The lowest BCUT2D eigenvalue weighted by Gasteiger charge is -2.06. The maximum atomic E-state index is 11.9. The number of carbonyl (C=O) groups is 1. The summed E-state index contributed by atoms with van der Waals surface area (Å²) >= 11 is 0. The molecule has 33 heavy (non-hydrogen) atoms. The van der Waals surface area contributed by atoms with Gasteiger partial charge in [0.2, 0.25) is 0 Å². The number of hydrogen-bond acceptors (Lipinski definition) is 4. The Kier molecular flexibility index (Phi) is 14.1. The number of hydrogen-bond donors (Lipinski definition) is 0. The molecule has 0 amide bonds. The Balaban J connectivity index is 1.62. The Morgan fingerprint density at radius 2 is 1.27 bits per heavy atom. The molecule has 4 heteroatoms. The molecule has 0 radical (unpaired) electrons. The zero-order valence-electron chi connectivity index (χ0n) is 21.0. The van der Waals surface area contributed by atoms with E-state index in [1.165, 1.54) is 70.6 Å². The smallest absolute Gasteiger partial charge is 0.311 e. The fourth-order valence-corrected chi connectivity index (χ4v) is 4.00. The number of aromatic nitrogens is 2. The first kappa shape index (κ1) is 27.0. The van der Waals surface area contributed by atoms with Gasteiger partial charge in [-0.05, 0) is 43.5 Å². The van der Waals surface area contributed by atoms with Crippen molar-refractivity contribution >= 4 is 5.97 Å². The summed E-state index contributed by atoms with van der Waals surface area (Å²) in [4.78, 5) is 21.0. The van der Waals surface area contributed by atoms with Crippen molar-refractivity contribution in [3.8, 4) is 17.0 Å². The second-order valence-electron chi connectivity index (χ2n) is 9.13. The highest BCUT2D eigenvalue weighted by molar-refractivity contribution is 5.72. The Hall–Kier alpha value is -2.23. The van der Waals surface area contributed by atoms with Crippen LogP contribution in [0.2, 0.25) is 0 Å². The van der Waals surface area contributed by atoms with Gasteiger partial charge in [-0.25, -0.2) is 0 Å². The van der Waals surface area contributed by atoms with Crippen molar-refractivity contribution in [2.45, 2.75) is 117 Å². The minimum absolute atomic E-state index is 0.164. The highest BCUT2D eigenvalue weighted by atomic mass is 16.5. The van der Waals surface area contributed by atoms with E-state index in [0.29, 0.717) is 12.2 Å². The highest BCUT2D eigenvalue weighted by Gasteiger charge is 2.06. The van der Waals surface area contributed by atoms with Crippen LogP contribution in [0.5, 0.6) is 5.75 Å². The number of benzene rings is 1. The third-order valence-corrected chi connectivity index (χ3v) is 6.11. The summed E-state index contributed by atoms with van der Waals surface area (Å²) in [5.41, 5.74) is 2.89. The maximum Gasteiger partial charge on any atom is 0.311 e. The van der Waals surface area contributed by atoms with Crippen LogP contribution in [0.25, 0.3) is 11.3 Å². The Labute approximate surface area is 201 Å². The maximum absolute atomic E-state index is 11.9. The molecular formula is C29H44N2O2. The van der Waals surface area contributed by atoms with E-state index in [-0.39, 0.29) is 5.97 Å². The molecule has 0 atom stereocenters. The van der Waals surface area contributed by atoms with Gasteiger partial charge in [-0.15, -0.1) is 0 Å². The van der Waals surface area contributed by atoms with Crippen LogP contribution < -0.4 is 4.74 Å². The molecule has 0 N–H and O–H groups in total. The molecule has 1 aromatic carbocycles. The fraction of sp³-hybridized carbons (Fsp3) is 0.621. The van der Waals surface area contributed by atoms with Crippen LogP contribution in [-0.2, 0) is 11.2 Å². The van der Waals surface area contributed by atoms with Crippen molar-refractivity contribution in [2.75, 3.05) is 0 Å². The molecule has 0 bridgehead atoms. The third kappa shape index (κ3) is 12.0. The molecule has 1 heterocycles. The molecule has 182 valence electrons. The van der Waals surface area contributed by atoms with Gasteiger partial charge in [0.1, 0.15) is 5.75 Å². The zero-order valence-corrected chi connectivity index (χ0v) is 21.0. The quantitative estimate of drug-likeness (QED) is 0.129. The van der Waals surface area contributed by atoms with Crippen LogP contribution in [0.4, 0.5) is 0 Å². The standard InChI is InChI=1S/C29H44N2O2/c1-3-5-7-8-9-10-11-12-13-14-16-17-26-23-31-28(24-30-26)25-19-21-27(22-20-25)33-29(32)18-15-6-4-2/h19-24H,3-18H2,1-2H3. The normalized spacial score (nSPS) is 11.0. The van der Waals surface area contributed by atoms with E-state index in [2.05, 4.69) is 23.8 Å². The summed E-state index contributed by atoms with van der Waals surface area (Å²) in [7, 11) is 0. The van der Waals surface area contributed by atoms with E-state index in [9.17, 15) is 4.79 Å². The lowest BCUT2D eigenvalue weighted by molar-refractivity contribution is -0.134. The van der Waals surface area contributed by atoms with Crippen LogP contribution in [0.15, 0.2) is 36.7 Å². The van der Waals surface area contributed by atoms with Crippen molar-refractivity contribution < 1.29 is 9.53 Å². The molecule has 0 saturated carbocycles. The summed E-state index contributed by atoms with van der Waals surface area (Å²) < 4.78 is 5.40. The van der Waals surface area contributed by atoms with Crippen molar-refractivity contribution in [3.05, 3.63) is 42.4 Å². The van der Waals surface area contributed by atoms with Gasteiger partial charge in [0.25, 0.3) is 0 Å². The third-order valence-electron chi connectivity index (χ3n) is 6.11.